The van der Waals surface area contributed by atoms with Crippen molar-refractivity contribution in [2.45, 2.75) is 52.7 Å². The van der Waals surface area contributed by atoms with Gasteiger partial charge in [0, 0.05) is 13.2 Å². The molecule has 0 heterocycles. The second-order valence-electron chi connectivity index (χ2n) is 3.91. The van der Waals surface area contributed by atoms with Crippen molar-refractivity contribution < 1.29 is 14.2 Å². The van der Waals surface area contributed by atoms with E-state index in [1.807, 2.05) is 13.8 Å². The minimum atomic E-state index is 0.150. The summed E-state index contributed by atoms with van der Waals surface area (Å²) < 4.78 is 16.5. The van der Waals surface area contributed by atoms with Crippen LogP contribution in [0.3, 0.4) is 0 Å². The minimum absolute atomic E-state index is 0.150. The van der Waals surface area contributed by atoms with Gasteiger partial charge in [0.25, 0.3) is 0 Å². The molecule has 0 fully saturated rings. The van der Waals surface area contributed by atoms with Crippen LogP contribution < -0.4 is 0 Å². The molecule has 0 bridgehead atoms. The zero-order chi connectivity index (χ0) is 11.5. The molecule has 0 amide bonds. The van der Waals surface area contributed by atoms with Crippen LogP contribution in [0.1, 0.15) is 40.5 Å². The van der Waals surface area contributed by atoms with Crippen molar-refractivity contribution in [3.63, 3.8) is 0 Å². The summed E-state index contributed by atoms with van der Waals surface area (Å²) in [6, 6.07) is 0. The third-order valence-corrected chi connectivity index (χ3v) is 1.87. The van der Waals surface area contributed by atoms with Crippen molar-refractivity contribution in [1.82, 2.24) is 0 Å². The molecule has 3 nitrogen and oxygen atoms in total. The van der Waals surface area contributed by atoms with Gasteiger partial charge in [-0.3, -0.25) is 0 Å². The van der Waals surface area contributed by atoms with Gasteiger partial charge < -0.3 is 14.2 Å². The van der Waals surface area contributed by atoms with Gasteiger partial charge in [-0.2, -0.15) is 0 Å². The summed E-state index contributed by atoms with van der Waals surface area (Å²) in [5, 5.41) is 0. The van der Waals surface area contributed by atoms with E-state index in [0.29, 0.717) is 13.2 Å². The summed E-state index contributed by atoms with van der Waals surface area (Å²) in [6.07, 6.45) is 2.41. The Morgan fingerprint density at radius 3 is 1.53 bits per heavy atom. The predicted octanol–water partition coefficient (Wildman–Crippen LogP) is 2.63. The largest absolute Gasteiger partial charge is 0.379 e. The first-order valence-corrected chi connectivity index (χ1v) is 6.01. The summed E-state index contributed by atoms with van der Waals surface area (Å²) in [5.74, 6) is 0. The van der Waals surface area contributed by atoms with Gasteiger partial charge in [-0.05, 0) is 26.7 Å². The van der Waals surface area contributed by atoms with Crippen LogP contribution in [0.5, 0.6) is 0 Å². The van der Waals surface area contributed by atoms with Crippen LogP contribution in [0.25, 0.3) is 0 Å². The second-order valence-corrected chi connectivity index (χ2v) is 3.91. The zero-order valence-electron chi connectivity index (χ0n) is 10.6. The highest BCUT2D eigenvalue weighted by atomic mass is 16.6. The van der Waals surface area contributed by atoms with Gasteiger partial charge in [-0.25, -0.2) is 0 Å². The van der Waals surface area contributed by atoms with Crippen molar-refractivity contribution in [1.29, 1.82) is 0 Å². The second kappa shape index (κ2) is 10.4. The Labute approximate surface area is 94.1 Å². The molecule has 0 aromatic heterocycles. The quantitative estimate of drug-likeness (QED) is 0.528. The van der Waals surface area contributed by atoms with E-state index in [4.69, 9.17) is 14.2 Å². The Morgan fingerprint density at radius 1 is 0.800 bits per heavy atom. The standard InChI is InChI=1S/C12H26O3/c1-5-7-13-9-11(3)15-12(4)10-14-8-6-2/h11-12H,5-10H2,1-4H3. The van der Waals surface area contributed by atoms with Gasteiger partial charge in [-0.15, -0.1) is 0 Å². The molecule has 2 atom stereocenters. The molecule has 0 aromatic carbocycles. The molecule has 0 aliphatic carbocycles. The molecule has 0 aliphatic heterocycles. The molecule has 0 rings (SSSR count). The van der Waals surface area contributed by atoms with Crippen LogP contribution >= 0.6 is 0 Å². The lowest BCUT2D eigenvalue weighted by atomic mass is 10.4. The molecule has 92 valence electrons. The molecule has 0 saturated heterocycles. The fourth-order valence-electron chi connectivity index (χ4n) is 1.26. The maximum atomic E-state index is 5.69. The lowest BCUT2D eigenvalue weighted by Gasteiger charge is -2.19. The SMILES string of the molecule is CCCOCC(C)OC(C)COCCC. The molecule has 15 heavy (non-hydrogen) atoms. The summed E-state index contributed by atoms with van der Waals surface area (Å²) in [6.45, 7) is 11.2. The summed E-state index contributed by atoms with van der Waals surface area (Å²) in [4.78, 5) is 0. The maximum absolute atomic E-state index is 5.69. The molecule has 0 N–H and O–H groups in total. The third kappa shape index (κ3) is 10.2. The smallest absolute Gasteiger partial charge is 0.0785 e. The average Bonchev–Trinajstić information content (AvgIpc) is 2.18. The Kier molecular flexibility index (Phi) is 10.3. The van der Waals surface area contributed by atoms with E-state index in [9.17, 15) is 0 Å². The van der Waals surface area contributed by atoms with Crippen LogP contribution in [0.4, 0.5) is 0 Å². The highest BCUT2D eigenvalue weighted by molar-refractivity contribution is 4.54. The summed E-state index contributed by atoms with van der Waals surface area (Å²) >= 11 is 0. The minimum Gasteiger partial charge on any atom is -0.379 e. The lowest BCUT2D eigenvalue weighted by molar-refractivity contribution is -0.0704. The first-order chi connectivity index (χ1) is 7.20. The van der Waals surface area contributed by atoms with Crippen molar-refractivity contribution in [2.24, 2.45) is 0 Å². The number of hydrogen-bond acceptors (Lipinski definition) is 3. The molecule has 2 unspecified atom stereocenters. The monoisotopic (exact) mass is 218 g/mol. The first-order valence-electron chi connectivity index (χ1n) is 6.01. The lowest BCUT2D eigenvalue weighted by Crippen LogP contribution is -2.25. The molecule has 0 aromatic rings. The Balaban J connectivity index is 3.35. The van der Waals surface area contributed by atoms with Gasteiger partial charge in [0.1, 0.15) is 0 Å². The predicted molar refractivity (Wildman–Crippen MR) is 62.2 cm³/mol. The van der Waals surface area contributed by atoms with Gasteiger partial charge in [0.05, 0.1) is 25.4 Å². The highest BCUT2D eigenvalue weighted by Crippen LogP contribution is 2.00. The van der Waals surface area contributed by atoms with E-state index in [-0.39, 0.29) is 12.2 Å². The fourth-order valence-corrected chi connectivity index (χ4v) is 1.26. The fraction of sp³-hybridized carbons (Fsp3) is 1.00. The Morgan fingerprint density at radius 2 is 1.20 bits per heavy atom. The van der Waals surface area contributed by atoms with Crippen LogP contribution in [-0.2, 0) is 14.2 Å². The zero-order valence-corrected chi connectivity index (χ0v) is 10.6. The molecule has 0 aliphatic rings. The summed E-state index contributed by atoms with van der Waals surface area (Å²) in [7, 11) is 0. The van der Waals surface area contributed by atoms with E-state index in [1.165, 1.54) is 0 Å². The maximum Gasteiger partial charge on any atom is 0.0785 e. The topological polar surface area (TPSA) is 27.7 Å². The van der Waals surface area contributed by atoms with Gasteiger partial charge in [-0.1, -0.05) is 13.8 Å². The average molecular weight is 218 g/mol. The van der Waals surface area contributed by atoms with Crippen molar-refractivity contribution >= 4 is 0 Å². The van der Waals surface area contributed by atoms with Crippen molar-refractivity contribution in [3.8, 4) is 0 Å². The van der Waals surface area contributed by atoms with E-state index in [1.54, 1.807) is 0 Å². The van der Waals surface area contributed by atoms with Crippen LogP contribution in [0.2, 0.25) is 0 Å². The van der Waals surface area contributed by atoms with Crippen LogP contribution in [0.15, 0.2) is 0 Å². The molecular weight excluding hydrogens is 192 g/mol. The van der Waals surface area contributed by atoms with Crippen molar-refractivity contribution in [2.75, 3.05) is 26.4 Å². The number of ether oxygens (including phenoxy) is 3. The summed E-state index contributed by atoms with van der Waals surface area (Å²) in [5.41, 5.74) is 0. The van der Waals surface area contributed by atoms with E-state index >= 15 is 0 Å². The first kappa shape index (κ1) is 14.9. The van der Waals surface area contributed by atoms with Crippen LogP contribution in [-0.4, -0.2) is 38.6 Å². The van der Waals surface area contributed by atoms with Gasteiger partial charge in [0.15, 0.2) is 0 Å². The van der Waals surface area contributed by atoms with Gasteiger partial charge in [0.2, 0.25) is 0 Å². The molecular formula is C12H26O3. The normalized spacial score (nSPS) is 15.2. The third-order valence-electron chi connectivity index (χ3n) is 1.87. The van der Waals surface area contributed by atoms with E-state index in [0.717, 1.165) is 26.1 Å². The van der Waals surface area contributed by atoms with Gasteiger partial charge >= 0.3 is 0 Å². The number of hydrogen-bond donors (Lipinski definition) is 0. The van der Waals surface area contributed by atoms with Crippen molar-refractivity contribution in [3.05, 3.63) is 0 Å². The Bertz CT molecular complexity index is 114. The molecule has 3 heteroatoms. The highest BCUT2D eigenvalue weighted by Gasteiger charge is 2.08. The molecule has 0 radical (unpaired) electrons. The Hall–Kier alpha value is -0.120. The molecule has 0 saturated carbocycles. The number of rotatable bonds is 10. The molecule has 0 spiro atoms. The van der Waals surface area contributed by atoms with E-state index in [2.05, 4.69) is 13.8 Å². The van der Waals surface area contributed by atoms with E-state index < -0.39 is 0 Å². The van der Waals surface area contributed by atoms with Crippen LogP contribution in [0, 0.1) is 0 Å².